The Morgan fingerprint density at radius 2 is 1.55 bits per heavy atom. The third kappa shape index (κ3) is 6.02. The number of carbonyl (C=O) groups is 1. The molecule has 2 N–H and O–H groups in total. The number of amides is 1. The zero-order valence-corrected chi connectivity index (χ0v) is 19.1. The van der Waals surface area contributed by atoms with Gasteiger partial charge in [0.05, 0.1) is 23.4 Å². The SMILES string of the molecule is COc1ccc(SCC(=O)Nc2ccc(S(=O)(=O)Nc3c(C)cccc3C)cc2)cc1. The molecule has 0 aliphatic heterocycles. The molecule has 3 rings (SSSR count). The number of ether oxygens (including phenoxy) is 1. The van der Waals surface area contributed by atoms with Crippen LogP contribution in [0.2, 0.25) is 0 Å². The van der Waals surface area contributed by atoms with Crippen molar-refractivity contribution in [3.63, 3.8) is 0 Å². The fourth-order valence-electron chi connectivity index (χ4n) is 2.90. The standard InChI is InChI=1S/C23H24N2O4S2/c1-16-5-4-6-17(2)23(16)25-31(27,28)21-13-7-18(8-14-21)24-22(26)15-30-20-11-9-19(29-3)10-12-20/h4-14,25H,15H2,1-3H3,(H,24,26). The summed E-state index contributed by atoms with van der Waals surface area (Å²) in [6.45, 7) is 3.71. The predicted octanol–water partition coefficient (Wildman–Crippen LogP) is 4.84. The van der Waals surface area contributed by atoms with E-state index in [1.165, 1.54) is 23.9 Å². The lowest BCUT2D eigenvalue weighted by atomic mass is 10.1. The molecular formula is C23H24N2O4S2. The van der Waals surface area contributed by atoms with E-state index in [0.717, 1.165) is 21.8 Å². The first-order chi connectivity index (χ1) is 14.8. The smallest absolute Gasteiger partial charge is 0.261 e. The topological polar surface area (TPSA) is 84.5 Å². The van der Waals surface area contributed by atoms with E-state index < -0.39 is 10.0 Å². The molecule has 3 aromatic carbocycles. The van der Waals surface area contributed by atoms with Crippen LogP contribution < -0.4 is 14.8 Å². The highest BCUT2D eigenvalue weighted by Crippen LogP contribution is 2.25. The largest absolute Gasteiger partial charge is 0.497 e. The molecule has 0 fully saturated rings. The van der Waals surface area contributed by atoms with Crippen molar-refractivity contribution < 1.29 is 17.9 Å². The highest BCUT2D eigenvalue weighted by molar-refractivity contribution is 8.00. The first-order valence-electron chi connectivity index (χ1n) is 9.54. The lowest BCUT2D eigenvalue weighted by Gasteiger charge is -2.13. The minimum absolute atomic E-state index is 0.126. The van der Waals surface area contributed by atoms with Gasteiger partial charge in [-0.25, -0.2) is 8.42 Å². The number of nitrogens with one attached hydrogen (secondary N) is 2. The van der Waals surface area contributed by atoms with Crippen LogP contribution in [0.15, 0.2) is 76.5 Å². The second-order valence-corrected chi connectivity index (χ2v) is 9.64. The van der Waals surface area contributed by atoms with E-state index in [1.807, 2.05) is 56.3 Å². The molecule has 0 unspecified atom stereocenters. The van der Waals surface area contributed by atoms with E-state index in [2.05, 4.69) is 10.0 Å². The van der Waals surface area contributed by atoms with Crippen molar-refractivity contribution in [3.8, 4) is 5.75 Å². The third-order valence-electron chi connectivity index (χ3n) is 4.60. The van der Waals surface area contributed by atoms with Gasteiger partial charge in [-0.15, -0.1) is 11.8 Å². The van der Waals surface area contributed by atoms with Crippen molar-refractivity contribution >= 4 is 39.1 Å². The van der Waals surface area contributed by atoms with Gasteiger partial charge in [0.2, 0.25) is 5.91 Å². The molecule has 31 heavy (non-hydrogen) atoms. The predicted molar refractivity (Wildman–Crippen MR) is 126 cm³/mol. The number of benzene rings is 3. The molecule has 0 spiro atoms. The van der Waals surface area contributed by atoms with Crippen LogP contribution in [0.5, 0.6) is 5.75 Å². The van der Waals surface area contributed by atoms with E-state index in [4.69, 9.17) is 4.74 Å². The van der Waals surface area contributed by atoms with Crippen molar-refractivity contribution in [3.05, 3.63) is 77.9 Å². The summed E-state index contributed by atoms with van der Waals surface area (Å²) in [7, 11) is -2.13. The Morgan fingerprint density at radius 3 is 2.13 bits per heavy atom. The summed E-state index contributed by atoms with van der Waals surface area (Å²) in [4.78, 5) is 13.3. The Bertz CT molecular complexity index is 1140. The van der Waals surface area contributed by atoms with Gasteiger partial charge < -0.3 is 10.1 Å². The average molecular weight is 457 g/mol. The Morgan fingerprint density at radius 1 is 0.935 bits per heavy atom. The summed E-state index contributed by atoms with van der Waals surface area (Å²) in [5.74, 6) is 0.821. The second-order valence-electron chi connectivity index (χ2n) is 6.91. The first-order valence-corrected chi connectivity index (χ1v) is 12.0. The molecule has 3 aromatic rings. The lowest BCUT2D eigenvalue weighted by molar-refractivity contribution is -0.113. The summed E-state index contributed by atoms with van der Waals surface area (Å²) in [6.07, 6.45) is 0. The van der Waals surface area contributed by atoms with E-state index in [9.17, 15) is 13.2 Å². The van der Waals surface area contributed by atoms with Crippen LogP contribution in [-0.4, -0.2) is 27.2 Å². The van der Waals surface area contributed by atoms with Crippen molar-refractivity contribution in [1.82, 2.24) is 0 Å². The van der Waals surface area contributed by atoms with Gasteiger partial charge in [0.25, 0.3) is 10.0 Å². The zero-order valence-electron chi connectivity index (χ0n) is 17.5. The number of anilines is 2. The number of sulfonamides is 1. The molecule has 0 aliphatic rings. The second kappa shape index (κ2) is 9.89. The normalized spacial score (nSPS) is 11.1. The van der Waals surface area contributed by atoms with Crippen LogP contribution in [0.3, 0.4) is 0 Å². The number of thioether (sulfide) groups is 1. The summed E-state index contributed by atoms with van der Waals surface area (Å²) in [6, 6.07) is 19.2. The molecular weight excluding hydrogens is 432 g/mol. The van der Waals surface area contributed by atoms with E-state index in [0.29, 0.717) is 11.4 Å². The Hall–Kier alpha value is -2.97. The summed E-state index contributed by atoms with van der Waals surface area (Å²) >= 11 is 1.40. The van der Waals surface area contributed by atoms with E-state index in [1.54, 1.807) is 19.2 Å². The number of hydrogen-bond donors (Lipinski definition) is 2. The van der Waals surface area contributed by atoms with E-state index >= 15 is 0 Å². The number of rotatable bonds is 8. The molecule has 0 bridgehead atoms. The fraction of sp³-hybridized carbons (Fsp3) is 0.174. The fourth-order valence-corrected chi connectivity index (χ4v) is 4.81. The van der Waals surface area contributed by atoms with Crippen LogP contribution in [-0.2, 0) is 14.8 Å². The zero-order chi connectivity index (χ0) is 22.4. The van der Waals surface area contributed by atoms with E-state index in [-0.39, 0.29) is 16.6 Å². The molecule has 1 amide bonds. The molecule has 0 heterocycles. The van der Waals surface area contributed by atoms with Crippen molar-refractivity contribution in [2.75, 3.05) is 22.9 Å². The highest BCUT2D eigenvalue weighted by atomic mass is 32.2. The Kier molecular flexibility index (Phi) is 7.25. The van der Waals surface area contributed by atoms with Crippen LogP contribution in [0.1, 0.15) is 11.1 Å². The van der Waals surface area contributed by atoms with Crippen molar-refractivity contribution in [2.45, 2.75) is 23.6 Å². The van der Waals surface area contributed by atoms with Gasteiger partial charge in [0, 0.05) is 10.6 Å². The minimum atomic E-state index is -3.73. The third-order valence-corrected chi connectivity index (χ3v) is 6.97. The molecule has 0 saturated heterocycles. The molecule has 0 aliphatic carbocycles. The summed E-state index contributed by atoms with van der Waals surface area (Å²) in [5, 5.41) is 2.78. The number of carbonyl (C=O) groups excluding carboxylic acids is 1. The quantitative estimate of drug-likeness (QED) is 0.474. The maximum atomic E-state index is 12.7. The molecule has 0 atom stereocenters. The Balaban J connectivity index is 1.60. The van der Waals surface area contributed by atoms with Crippen molar-refractivity contribution in [1.29, 1.82) is 0 Å². The van der Waals surface area contributed by atoms with Gasteiger partial charge in [-0.05, 0) is 73.5 Å². The Labute approximate surface area is 187 Å². The first kappa shape index (κ1) is 22.7. The summed E-state index contributed by atoms with van der Waals surface area (Å²) in [5.41, 5.74) is 2.81. The van der Waals surface area contributed by atoms with Gasteiger partial charge in [-0.1, -0.05) is 18.2 Å². The average Bonchev–Trinajstić information content (AvgIpc) is 2.76. The van der Waals surface area contributed by atoms with Crippen LogP contribution >= 0.6 is 11.8 Å². The number of para-hydroxylation sites is 1. The monoisotopic (exact) mass is 456 g/mol. The molecule has 0 aromatic heterocycles. The van der Waals surface area contributed by atoms with Gasteiger partial charge in [-0.3, -0.25) is 9.52 Å². The molecule has 8 heteroatoms. The minimum Gasteiger partial charge on any atom is -0.497 e. The van der Waals surface area contributed by atoms with Crippen LogP contribution in [0.4, 0.5) is 11.4 Å². The maximum absolute atomic E-state index is 12.7. The van der Waals surface area contributed by atoms with Gasteiger partial charge in [-0.2, -0.15) is 0 Å². The van der Waals surface area contributed by atoms with Crippen LogP contribution in [0, 0.1) is 13.8 Å². The molecule has 0 saturated carbocycles. The molecule has 162 valence electrons. The maximum Gasteiger partial charge on any atom is 0.261 e. The van der Waals surface area contributed by atoms with Gasteiger partial charge in [0.15, 0.2) is 0 Å². The number of aryl methyl sites for hydroxylation is 2. The molecule has 0 radical (unpaired) electrons. The van der Waals surface area contributed by atoms with Gasteiger partial charge >= 0.3 is 0 Å². The van der Waals surface area contributed by atoms with Crippen LogP contribution in [0.25, 0.3) is 0 Å². The highest BCUT2D eigenvalue weighted by Gasteiger charge is 2.16. The number of methoxy groups -OCH3 is 1. The lowest BCUT2D eigenvalue weighted by Crippen LogP contribution is -2.16. The number of hydrogen-bond acceptors (Lipinski definition) is 5. The van der Waals surface area contributed by atoms with Gasteiger partial charge in [0.1, 0.15) is 5.75 Å². The van der Waals surface area contributed by atoms with Crippen molar-refractivity contribution in [2.24, 2.45) is 0 Å². The summed E-state index contributed by atoms with van der Waals surface area (Å²) < 4.78 is 33.2. The molecule has 6 nitrogen and oxygen atoms in total.